The van der Waals surface area contributed by atoms with Gasteiger partial charge in [0.2, 0.25) is 6.43 Å². The van der Waals surface area contributed by atoms with Crippen molar-refractivity contribution in [2.24, 2.45) is 52.3 Å². The number of para-hydroxylation sites is 1. The number of rotatable bonds is 18. The number of hydrogen-bond acceptors (Lipinski definition) is 7. The van der Waals surface area contributed by atoms with Crippen LogP contribution < -0.4 is 20.7 Å². The molecule has 1 aromatic rings. The van der Waals surface area contributed by atoms with Crippen molar-refractivity contribution in [3.8, 4) is 5.75 Å². The third-order valence-corrected chi connectivity index (χ3v) is 18.6. The van der Waals surface area contributed by atoms with E-state index in [1.807, 2.05) is 86.0 Å². The highest BCUT2D eigenvalue weighted by Crippen LogP contribution is 2.56. The Morgan fingerprint density at radius 3 is 1.04 bits per heavy atom. The summed E-state index contributed by atoms with van der Waals surface area (Å²) in [6.07, 6.45) is 21.8. The van der Waals surface area contributed by atoms with Gasteiger partial charge in [0.25, 0.3) is 0 Å². The second-order valence-electron chi connectivity index (χ2n) is 32.6. The van der Waals surface area contributed by atoms with Gasteiger partial charge in [-0.2, -0.15) is 0 Å². The lowest BCUT2D eigenvalue weighted by Gasteiger charge is -2.19. The SMILES string of the molecule is CC(C)C.CC(C)C1(C(F)F)CC1.CC(C)C1(C)CC1.CC(C)C1(Cl)CC1.CC(C)C1(F)CC1.CC(C)C1CC1.CC(C)N(C)C1CC1.CC(C)NC1CC1.CC(C)OC1(C)CC1.CC(C)OC1CC1.CC(C)Oc1ccccc1.CNC(C)C.CNC(C)C. The van der Waals surface area contributed by atoms with E-state index >= 15 is 0 Å². The fraction of sp³-hybridized carbons (Fsp3) is 0.924. The molecule has 3 N–H and O–H groups in total. The number of nitrogens with one attached hydrogen (secondary N) is 3. The first-order chi connectivity index (χ1) is 41.3. The Morgan fingerprint density at radius 2 is 0.944 bits per heavy atom. The van der Waals surface area contributed by atoms with Crippen molar-refractivity contribution in [3.63, 3.8) is 0 Å². The van der Waals surface area contributed by atoms with Crippen molar-refractivity contribution in [1.29, 1.82) is 0 Å². The highest BCUT2D eigenvalue weighted by Gasteiger charge is 2.53. The monoisotopic (exact) mass is 1300 g/mol. The molecule has 0 bridgehead atoms. The summed E-state index contributed by atoms with van der Waals surface area (Å²) in [5, 5.41) is 9.47. The van der Waals surface area contributed by atoms with Gasteiger partial charge in [-0.15, -0.1) is 11.6 Å². The molecule has 0 heterocycles. The van der Waals surface area contributed by atoms with Crippen molar-refractivity contribution in [3.05, 3.63) is 30.3 Å². The molecule has 9 aliphatic carbocycles. The quantitative estimate of drug-likeness (QED) is 0.127. The summed E-state index contributed by atoms with van der Waals surface area (Å²) < 4.78 is 53.2. The number of nitrogens with zero attached hydrogens (tertiary/aromatic N) is 1. The van der Waals surface area contributed by atoms with Gasteiger partial charge in [-0.3, -0.25) is 0 Å². The molecular weight excluding hydrogens is 1150 g/mol. The summed E-state index contributed by atoms with van der Waals surface area (Å²) in [5.74, 6) is 5.82. The minimum Gasteiger partial charge on any atom is -0.491 e. The highest BCUT2D eigenvalue weighted by molar-refractivity contribution is 6.26. The molecule has 10 rings (SSSR count). The zero-order chi connectivity index (χ0) is 70.6. The van der Waals surface area contributed by atoms with E-state index < -0.39 is 17.5 Å². The van der Waals surface area contributed by atoms with Gasteiger partial charge in [0, 0.05) is 46.5 Å². The van der Waals surface area contributed by atoms with Crippen LogP contribution in [-0.4, -0.2) is 109 Å². The Kier molecular flexibility index (Phi) is 49.3. The Morgan fingerprint density at radius 1 is 0.511 bits per heavy atom. The lowest BCUT2D eigenvalue weighted by atomic mass is 9.93. The molecule has 0 radical (unpaired) electrons. The Balaban J connectivity index is -0.000000916. The lowest BCUT2D eigenvalue weighted by Crippen LogP contribution is -2.28. The van der Waals surface area contributed by atoms with Crippen LogP contribution in [0.2, 0.25) is 0 Å². The van der Waals surface area contributed by atoms with E-state index in [4.69, 9.17) is 25.8 Å². The maximum atomic E-state index is 12.6. The molecule has 540 valence electrons. The van der Waals surface area contributed by atoms with Crippen LogP contribution in [0.5, 0.6) is 5.75 Å². The van der Waals surface area contributed by atoms with Crippen molar-refractivity contribution in [1.82, 2.24) is 20.9 Å². The third kappa shape index (κ3) is 56.1. The van der Waals surface area contributed by atoms with Gasteiger partial charge in [-0.05, 0) is 258 Å². The van der Waals surface area contributed by atoms with Crippen LogP contribution in [-0.2, 0) is 9.47 Å². The van der Waals surface area contributed by atoms with Gasteiger partial charge in [-0.1, -0.05) is 157 Å². The first-order valence-electron chi connectivity index (χ1n) is 36.9. The summed E-state index contributed by atoms with van der Waals surface area (Å²) in [6, 6.07) is 14.3. The van der Waals surface area contributed by atoms with E-state index in [2.05, 4.69) is 187 Å². The summed E-state index contributed by atoms with van der Waals surface area (Å²) in [6.45, 7) is 62.0. The molecule has 1 aromatic carbocycles. The van der Waals surface area contributed by atoms with Gasteiger partial charge >= 0.3 is 0 Å². The van der Waals surface area contributed by atoms with E-state index in [1.165, 1.54) is 89.9 Å². The van der Waals surface area contributed by atoms with E-state index in [0.717, 1.165) is 78.6 Å². The van der Waals surface area contributed by atoms with Crippen molar-refractivity contribution < 1.29 is 27.4 Å². The van der Waals surface area contributed by atoms with Gasteiger partial charge in [-0.25, -0.2) is 13.2 Å². The highest BCUT2D eigenvalue weighted by atomic mass is 35.5. The number of benzene rings is 1. The maximum absolute atomic E-state index is 12.6. The molecule has 0 saturated heterocycles. The first kappa shape index (κ1) is 93.0. The van der Waals surface area contributed by atoms with Crippen LogP contribution in [0, 0.1) is 52.3 Å². The first-order valence-corrected chi connectivity index (χ1v) is 37.2. The van der Waals surface area contributed by atoms with Gasteiger partial charge < -0.3 is 35.1 Å². The van der Waals surface area contributed by atoms with Crippen LogP contribution in [0.15, 0.2) is 30.3 Å². The average molecular weight is 1300 g/mol. The zero-order valence-electron chi connectivity index (χ0n) is 65.7. The second-order valence-corrected chi connectivity index (χ2v) is 33.4. The summed E-state index contributed by atoms with van der Waals surface area (Å²) in [7, 11) is 6.11. The normalized spacial score (nSPS) is 19.6. The van der Waals surface area contributed by atoms with Crippen LogP contribution in [0.1, 0.15) is 316 Å². The van der Waals surface area contributed by atoms with Crippen LogP contribution >= 0.6 is 11.6 Å². The molecule has 0 aliphatic heterocycles. The molecule has 90 heavy (non-hydrogen) atoms. The third-order valence-electron chi connectivity index (χ3n) is 17.8. The van der Waals surface area contributed by atoms with Crippen LogP contribution in [0.25, 0.3) is 0 Å². The second kappa shape index (κ2) is 47.7. The lowest BCUT2D eigenvalue weighted by molar-refractivity contribution is 0.000853. The average Bonchev–Trinajstić information content (AvgIpc) is 1.68. The number of alkyl halides is 4. The van der Waals surface area contributed by atoms with E-state index in [9.17, 15) is 13.2 Å². The van der Waals surface area contributed by atoms with Gasteiger partial charge in [0.1, 0.15) is 11.4 Å². The Labute approximate surface area is 566 Å². The minimum absolute atomic E-state index is 0.150. The molecule has 9 saturated carbocycles. The molecule has 11 heteroatoms. The van der Waals surface area contributed by atoms with Crippen LogP contribution in [0.3, 0.4) is 0 Å². The summed E-state index contributed by atoms with van der Waals surface area (Å²) in [4.78, 5) is 2.67. The van der Waals surface area contributed by atoms with Crippen molar-refractivity contribution in [2.75, 3.05) is 21.1 Å². The molecule has 0 amide bonds. The van der Waals surface area contributed by atoms with E-state index in [0.29, 0.717) is 42.4 Å². The van der Waals surface area contributed by atoms with E-state index in [1.54, 1.807) is 0 Å². The topological polar surface area (TPSA) is 67.0 Å². The summed E-state index contributed by atoms with van der Waals surface area (Å²) in [5.41, 5.74) is -0.311. The molecule has 7 nitrogen and oxygen atoms in total. The Hall–Kier alpha value is -1.14. The number of halogens is 4. The number of hydrogen-bond donors (Lipinski definition) is 3. The smallest absolute Gasteiger partial charge is 0.244 e. The predicted molar refractivity (Wildman–Crippen MR) is 394 cm³/mol. The largest absolute Gasteiger partial charge is 0.491 e. The van der Waals surface area contributed by atoms with Crippen LogP contribution in [0.4, 0.5) is 13.2 Å². The predicted octanol–water partition coefficient (Wildman–Crippen LogP) is 23.3. The van der Waals surface area contributed by atoms with Gasteiger partial charge in [0.05, 0.1) is 30.0 Å². The molecular formula is C79H158ClF3N4O3. The van der Waals surface area contributed by atoms with Crippen molar-refractivity contribution >= 4 is 11.6 Å². The molecule has 0 unspecified atom stereocenters. The van der Waals surface area contributed by atoms with E-state index in [-0.39, 0.29) is 28.4 Å². The summed E-state index contributed by atoms with van der Waals surface area (Å²) >= 11 is 5.98. The minimum atomic E-state index is -2.10. The molecule has 9 aliphatic rings. The standard InChI is InChI=1S/C9H12O.C7H12F2.C7H15N.C7H14O.C7H14.C6H11Cl.C6H11F.C6H13N.C6H12O.C6H12.2C4H11N.C4H10/c1-8(2)10-9-6-4-3-5-7-9;1-5(2)7(3-4-7)6(8)9;1-6(2)8(3)7-4-5-7;1-6(2)8-7(3)4-5-7;1-6(2)7(3)4-5-7;2*1-5(2)6(7)3-4-6;2*1-5(2)7-6-3-4-6;1-5(2)6-3-4-6;2*1-4(2)5-3;1-4(2)3/h3-8H,1-2H3;5-6H,3-4H2,1-2H3;6-7H,4-5H2,1-3H3;6H,4-5H2,1-3H3;6H,4-5H2,1-3H3;2*5H,3-4H2,1-2H3;5-7H,3-4H2,1-2H3;5-6H,3-4H2,1-2H3;5-6H,3-4H2,1-2H3;2*4-5H,1-3H3;4H,1-3H3. The molecule has 0 atom stereocenters. The zero-order valence-corrected chi connectivity index (χ0v) is 66.4. The maximum Gasteiger partial charge on any atom is 0.244 e. The molecule has 0 aromatic heterocycles. The fourth-order valence-electron chi connectivity index (χ4n) is 7.97. The molecule has 9 fully saturated rings. The van der Waals surface area contributed by atoms with Gasteiger partial charge in [0.15, 0.2) is 0 Å². The Bertz CT molecular complexity index is 1690. The fourth-order valence-corrected chi connectivity index (χ4v) is 8.07. The van der Waals surface area contributed by atoms with Crippen molar-refractivity contribution in [2.45, 2.75) is 400 Å². The molecule has 0 spiro atoms. The number of ether oxygens (including phenoxy) is 3.